The largest absolute Gasteiger partial charge is 0.235 e. The van der Waals surface area contributed by atoms with Crippen LogP contribution in [0.2, 0.25) is 0 Å². The van der Waals surface area contributed by atoms with Gasteiger partial charge in [0.1, 0.15) is 5.01 Å². The Morgan fingerprint density at radius 2 is 1.15 bits per heavy atom. The molecule has 0 amide bonds. The van der Waals surface area contributed by atoms with E-state index in [-0.39, 0.29) is 0 Å². The van der Waals surface area contributed by atoms with Crippen molar-refractivity contribution in [1.29, 1.82) is 0 Å². The topological polar surface area (TPSA) is 38.7 Å². The third kappa shape index (κ3) is 4.43. The number of hydrogen-bond donors (Lipinski definition) is 0. The van der Waals surface area contributed by atoms with Crippen molar-refractivity contribution in [3.63, 3.8) is 0 Å². The van der Waals surface area contributed by atoms with Crippen molar-refractivity contribution in [2.75, 3.05) is 0 Å². The molecule has 0 atom stereocenters. The highest BCUT2D eigenvalue weighted by Gasteiger charge is 2.17. The molecule has 0 unspecified atom stereocenters. The lowest BCUT2D eigenvalue weighted by Crippen LogP contribution is -1.96. The number of hydrogen-bond acceptors (Lipinski definition) is 5. The first-order chi connectivity index (χ1) is 23.8. The van der Waals surface area contributed by atoms with Crippen LogP contribution in [0.15, 0.2) is 152 Å². The first-order valence-corrected chi connectivity index (χ1v) is 17.6. The van der Waals surface area contributed by atoms with Crippen molar-refractivity contribution in [1.82, 2.24) is 15.0 Å². The van der Waals surface area contributed by atoms with Gasteiger partial charge in [-0.15, -0.1) is 22.7 Å². The predicted molar refractivity (Wildman–Crippen MR) is 205 cm³/mol. The van der Waals surface area contributed by atoms with Crippen LogP contribution in [0, 0.1) is 0 Å². The zero-order valence-electron chi connectivity index (χ0n) is 25.6. The highest BCUT2D eigenvalue weighted by Crippen LogP contribution is 2.41. The molecule has 0 radical (unpaired) electrons. The molecule has 0 fully saturated rings. The monoisotopic (exact) mass is 647 g/mol. The fraction of sp³-hybridized carbons (Fsp3) is 0. The highest BCUT2D eigenvalue weighted by atomic mass is 32.1. The highest BCUT2D eigenvalue weighted by molar-refractivity contribution is 7.26. The van der Waals surface area contributed by atoms with Crippen LogP contribution in [-0.4, -0.2) is 15.0 Å². The number of thiazole rings is 1. The van der Waals surface area contributed by atoms with E-state index >= 15 is 0 Å². The van der Waals surface area contributed by atoms with Crippen molar-refractivity contribution >= 4 is 74.6 Å². The summed E-state index contributed by atoms with van der Waals surface area (Å²) < 4.78 is 3.72. The minimum atomic E-state index is 0.713. The number of benzene rings is 7. The lowest BCUT2D eigenvalue weighted by molar-refractivity contribution is 1.19. The maximum absolute atomic E-state index is 5.26. The van der Waals surface area contributed by atoms with E-state index in [2.05, 4.69) is 140 Å². The van der Waals surface area contributed by atoms with Crippen LogP contribution in [0.1, 0.15) is 0 Å². The molecule has 0 aliphatic carbocycles. The lowest BCUT2D eigenvalue weighted by atomic mass is 9.99. The Bertz CT molecular complexity index is 2840. The van der Waals surface area contributed by atoms with Gasteiger partial charge >= 0.3 is 0 Å². The number of nitrogens with zero attached hydrogens (tertiary/aromatic N) is 3. The van der Waals surface area contributed by atoms with E-state index in [9.17, 15) is 0 Å². The lowest BCUT2D eigenvalue weighted by Gasteiger charge is -2.11. The number of thiophene rings is 1. The summed E-state index contributed by atoms with van der Waals surface area (Å²) in [6, 6.07) is 53.6. The van der Waals surface area contributed by atoms with Gasteiger partial charge in [0.25, 0.3) is 0 Å². The van der Waals surface area contributed by atoms with Crippen LogP contribution in [0.5, 0.6) is 0 Å². The van der Waals surface area contributed by atoms with Gasteiger partial charge in [0.2, 0.25) is 0 Å². The molecule has 224 valence electrons. The van der Waals surface area contributed by atoms with Crippen molar-refractivity contribution in [2.24, 2.45) is 0 Å². The molecule has 0 spiro atoms. The van der Waals surface area contributed by atoms with Crippen LogP contribution in [-0.2, 0) is 0 Å². The summed E-state index contributed by atoms with van der Waals surface area (Å²) in [6.07, 6.45) is 0. The van der Waals surface area contributed by atoms with Crippen molar-refractivity contribution in [2.45, 2.75) is 0 Å². The third-order valence-corrected chi connectivity index (χ3v) is 11.4. The minimum Gasteiger partial charge on any atom is -0.235 e. The zero-order valence-corrected chi connectivity index (χ0v) is 27.2. The number of aromatic nitrogens is 3. The Morgan fingerprint density at radius 1 is 0.417 bits per heavy atom. The third-order valence-electron chi connectivity index (χ3n) is 9.11. The Morgan fingerprint density at radius 3 is 2.02 bits per heavy atom. The molecule has 3 heterocycles. The van der Waals surface area contributed by atoms with E-state index in [1.807, 2.05) is 23.5 Å². The molecule has 48 heavy (non-hydrogen) atoms. The quantitative estimate of drug-likeness (QED) is 0.178. The second-order valence-corrected chi connectivity index (χ2v) is 14.1. The van der Waals surface area contributed by atoms with Crippen LogP contribution in [0.3, 0.4) is 0 Å². The molecule has 5 heteroatoms. The Hall–Kier alpha value is -5.75. The molecule has 10 rings (SSSR count). The molecule has 3 nitrogen and oxygen atoms in total. The average Bonchev–Trinajstić information content (AvgIpc) is 3.77. The van der Waals surface area contributed by atoms with E-state index in [1.165, 1.54) is 41.0 Å². The van der Waals surface area contributed by atoms with E-state index in [1.54, 1.807) is 11.3 Å². The van der Waals surface area contributed by atoms with Gasteiger partial charge in [0, 0.05) is 47.8 Å². The van der Waals surface area contributed by atoms with Gasteiger partial charge in [-0.1, -0.05) is 127 Å². The maximum atomic E-state index is 5.26. The molecule has 0 saturated carbocycles. The average molecular weight is 648 g/mol. The summed E-state index contributed by atoms with van der Waals surface area (Å²) in [4.78, 5) is 15.6. The second kappa shape index (κ2) is 10.9. The summed E-state index contributed by atoms with van der Waals surface area (Å²) in [5, 5.41) is 8.28. The first kappa shape index (κ1) is 27.4. The first-order valence-electron chi connectivity index (χ1n) is 15.9. The normalized spacial score (nSPS) is 11.8. The molecule has 3 aromatic heterocycles. The van der Waals surface area contributed by atoms with Gasteiger partial charge in [-0.2, -0.15) is 0 Å². The summed E-state index contributed by atoms with van der Waals surface area (Å²) in [5.41, 5.74) is 7.21. The van der Waals surface area contributed by atoms with Gasteiger partial charge < -0.3 is 0 Å². The molecular formula is C43H25N3S2. The Kier molecular flexibility index (Phi) is 6.22. The van der Waals surface area contributed by atoms with Gasteiger partial charge in [-0.3, -0.25) is 0 Å². The van der Waals surface area contributed by atoms with E-state index in [4.69, 9.17) is 15.0 Å². The van der Waals surface area contributed by atoms with E-state index < -0.39 is 0 Å². The van der Waals surface area contributed by atoms with Crippen LogP contribution < -0.4 is 0 Å². The van der Waals surface area contributed by atoms with Crippen LogP contribution in [0.4, 0.5) is 0 Å². The van der Waals surface area contributed by atoms with Gasteiger partial charge in [-0.05, 0) is 40.4 Å². The Labute approximate surface area is 284 Å². The van der Waals surface area contributed by atoms with Crippen LogP contribution in [0.25, 0.3) is 96.4 Å². The van der Waals surface area contributed by atoms with Crippen molar-refractivity contribution in [3.8, 4) is 44.5 Å². The standard InChI is InChI=1S/C43H25N3S2/c1-3-10-26(11-4-1)35-25-36(34-16-9-15-33-32-14-7-8-17-37(32)47-41(33)34)45-42(44-35)30-20-22-31-29(24-30)19-18-27-21-23-38-40(39(27)31)46-43(48-38)28-12-5-2-6-13-28/h1-25H. The second-order valence-electron chi connectivity index (χ2n) is 12.0. The number of fused-ring (bicyclic) bond motifs is 8. The van der Waals surface area contributed by atoms with E-state index in [0.717, 1.165) is 49.6 Å². The van der Waals surface area contributed by atoms with Gasteiger partial charge in [0.15, 0.2) is 5.82 Å². The molecule has 10 aromatic rings. The van der Waals surface area contributed by atoms with Gasteiger partial charge in [-0.25, -0.2) is 15.0 Å². The smallest absolute Gasteiger partial charge is 0.160 e. The van der Waals surface area contributed by atoms with Crippen LogP contribution >= 0.6 is 22.7 Å². The summed E-state index contributed by atoms with van der Waals surface area (Å²) >= 11 is 3.57. The molecule has 0 saturated heterocycles. The molecular weight excluding hydrogens is 623 g/mol. The summed E-state index contributed by atoms with van der Waals surface area (Å²) in [6.45, 7) is 0. The minimum absolute atomic E-state index is 0.713. The molecule has 0 aliphatic heterocycles. The summed E-state index contributed by atoms with van der Waals surface area (Å²) in [7, 11) is 0. The molecule has 0 N–H and O–H groups in total. The summed E-state index contributed by atoms with van der Waals surface area (Å²) in [5.74, 6) is 0.713. The SMILES string of the molecule is c1ccc(-c2cc(-c3cccc4c3sc3ccccc34)nc(-c3ccc4c(ccc5ccc6sc(-c7ccccc7)nc6c54)c3)n2)cc1. The van der Waals surface area contributed by atoms with Crippen molar-refractivity contribution < 1.29 is 0 Å². The maximum Gasteiger partial charge on any atom is 0.160 e. The Balaban J connectivity index is 1.17. The fourth-order valence-electron chi connectivity index (χ4n) is 6.80. The number of rotatable bonds is 4. The van der Waals surface area contributed by atoms with Gasteiger partial charge in [0.05, 0.1) is 21.6 Å². The predicted octanol–water partition coefficient (Wildman–Crippen LogP) is 12.4. The molecule has 0 bridgehead atoms. The molecule has 0 aliphatic rings. The fourth-order valence-corrected chi connectivity index (χ4v) is 9.01. The van der Waals surface area contributed by atoms with Crippen molar-refractivity contribution in [3.05, 3.63) is 152 Å². The zero-order chi connectivity index (χ0) is 31.6. The van der Waals surface area contributed by atoms with E-state index in [0.29, 0.717) is 5.82 Å². The molecule has 7 aromatic carbocycles.